The van der Waals surface area contributed by atoms with Crippen LogP contribution in [0.3, 0.4) is 0 Å². The Morgan fingerprint density at radius 2 is 2.11 bits per heavy atom. The summed E-state index contributed by atoms with van der Waals surface area (Å²) in [7, 11) is 1.72. The van der Waals surface area contributed by atoms with E-state index >= 15 is 0 Å². The number of methoxy groups -OCH3 is 1. The third kappa shape index (κ3) is 3.75. The smallest absolute Gasteiger partial charge is 0.278 e. The number of nitrogens with zero attached hydrogens (tertiary/aromatic N) is 5. The highest BCUT2D eigenvalue weighted by Gasteiger charge is 2.26. The minimum atomic E-state index is 0.266. The van der Waals surface area contributed by atoms with Gasteiger partial charge in [-0.1, -0.05) is 11.2 Å². The molecule has 0 radical (unpaired) electrons. The molecule has 0 unspecified atom stereocenters. The number of hydrogen-bond donors (Lipinski definition) is 0. The standard InChI is InChI=1S/C21H25N5O2/c1-14-15(2)19(27-3)7-6-16(14)12-26-10-4-5-17(13-26)20-24-21(28-25-20)18-11-22-8-9-23-18/h6-9,11,17H,4-5,10,12-13H2,1-3H3/t17-/m0/s1. The lowest BCUT2D eigenvalue weighted by Crippen LogP contribution is -2.34. The zero-order chi connectivity index (χ0) is 19.5. The van der Waals surface area contributed by atoms with Crippen molar-refractivity contribution in [1.29, 1.82) is 0 Å². The third-order valence-electron chi connectivity index (χ3n) is 5.56. The Hall–Kier alpha value is -2.80. The normalized spacial score (nSPS) is 17.6. The summed E-state index contributed by atoms with van der Waals surface area (Å²) in [6.45, 7) is 7.20. The maximum Gasteiger partial charge on any atom is 0.278 e. The summed E-state index contributed by atoms with van der Waals surface area (Å²) in [5.74, 6) is 2.40. The van der Waals surface area contributed by atoms with Gasteiger partial charge in [-0.15, -0.1) is 0 Å². The zero-order valence-corrected chi connectivity index (χ0v) is 16.6. The van der Waals surface area contributed by atoms with Crippen LogP contribution in [0.2, 0.25) is 0 Å². The van der Waals surface area contributed by atoms with E-state index in [0.29, 0.717) is 11.6 Å². The molecule has 3 aromatic rings. The van der Waals surface area contributed by atoms with Gasteiger partial charge in [0.15, 0.2) is 5.82 Å². The van der Waals surface area contributed by atoms with Crippen molar-refractivity contribution in [2.45, 2.75) is 39.2 Å². The predicted molar refractivity (Wildman–Crippen MR) is 105 cm³/mol. The van der Waals surface area contributed by atoms with Gasteiger partial charge in [-0.2, -0.15) is 4.98 Å². The number of benzene rings is 1. The summed E-state index contributed by atoms with van der Waals surface area (Å²) in [4.78, 5) is 15.3. The van der Waals surface area contributed by atoms with Crippen molar-refractivity contribution in [1.82, 2.24) is 25.0 Å². The largest absolute Gasteiger partial charge is 0.496 e. The average Bonchev–Trinajstić information content (AvgIpc) is 3.23. The molecular weight excluding hydrogens is 354 g/mol. The van der Waals surface area contributed by atoms with E-state index in [1.54, 1.807) is 25.7 Å². The lowest BCUT2D eigenvalue weighted by atomic mass is 9.95. The Morgan fingerprint density at radius 3 is 2.89 bits per heavy atom. The van der Waals surface area contributed by atoms with Gasteiger partial charge < -0.3 is 9.26 Å². The van der Waals surface area contributed by atoms with Crippen LogP contribution in [0.15, 0.2) is 35.2 Å². The van der Waals surface area contributed by atoms with Crippen molar-refractivity contribution < 1.29 is 9.26 Å². The number of likely N-dealkylation sites (tertiary alicyclic amines) is 1. The lowest BCUT2D eigenvalue weighted by Gasteiger charge is -2.31. The molecule has 0 aliphatic carbocycles. The van der Waals surface area contributed by atoms with E-state index in [0.717, 1.165) is 44.0 Å². The molecule has 1 saturated heterocycles. The minimum Gasteiger partial charge on any atom is -0.496 e. The van der Waals surface area contributed by atoms with E-state index in [4.69, 9.17) is 9.26 Å². The molecule has 7 heteroatoms. The quantitative estimate of drug-likeness (QED) is 0.671. The van der Waals surface area contributed by atoms with Gasteiger partial charge in [0.1, 0.15) is 11.4 Å². The zero-order valence-electron chi connectivity index (χ0n) is 16.6. The van der Waals surface area contributed by atoms with Crippen LogP contribution in [0.5, 0.6) is 5.75 Å². The molecular formula is C21H25N5O2. The fraction of sp³-hybridized carbons (Fsp3) is 0.429. The van der Waals surface area contributed by atoms with Gasteiger partial charge in [0.2, 0.25) is 0 Å². The summed E-state index contributed by atoms with van der Waals surface area (Å²) >= 11 is 0. The van der Waals surface area contributed by atoms with Crippen LogP contribution in [-0.2, 0) is 6.54 Å². The number of hydrogen-bond acceptors (Lipinski definition) is 7. The maximum absolute atomic E-state index is 5.43. The second-order valence-corrected chi connectivity index (χ2v) is 7.30. The summed E-state index contributed by atoms with van der Waals surface area (Å²) in [6, 6.07) is 4.23. The van der Waals surface area contributed by atoms with E-state index < -0.39 is 0 Å². The predicted octanol–water partition coefficient (Wildman–Crippen LogP) is 3.53. The number of rotatable bonds is 5. The van der Waals surface area contributed by atoms with Gasteiger partial charge in [0.05, 0.1) is 13.3 Å². The molecule has 28 heavy (non-hydrogen) atoms. The minimum absolute atomic E-state index is 0.266. The molecule has 1 fully saturated rings. The van der Waals surface area contributed by atoms with E-state index in [1.807, 2.05) is 0 Å². The molecule has 0 amide bonds. The van der Waals surface area contributed by atoms with Crippen LogP contribution >= 0.6 is 0 Å². The van der Waals surface area contributed by atoms with Crippen molar-refractivity contribution in [3.8, 4) is 17.3 Å². The number of aromatic nitrogens is 4. The first-order chi connectivity index (χ1) is 13.7. The molecule has 4 rings (SSSR count). The summed E-state index contributed by atoms with van der Waals surface area (Å²) in [6.07, 6.45) is 7.08. The van der Waals surface area contributed by atoms with Crippen molar-refractivity contribution in [3.63, 3.8) is 0 Å². The Kier molecular flexibility index (Phi) is 5.34. The summed E-state index contributed by atoms with van der Waals surface area (Å²) < 4.78 is 10.9. The van der Waals surface area contributed by atoms with E-state index in [1.165, 1.54) is 16.7 Å². The van der Waals surface area contributed by atoms with Gasteiger partial charge >= 0.3 is 0 Å². The van der Waals surface area contributed by atoms with Crippen LogP contribution in [0.1, 0.15) is 41.3 Å². The fourth-order valence-electron chi connectivity index (χ4n) is 3.81. The molecule has 0 bridgehead atoms. The number of ether oxygens (including phenoxy) is 1. The molecule has 7 nitrogen and oxygen atoms in total. The van der Waals surface area contributed by atoms with Crippen molar-refractivity contribution in [2.75, 3.05) is 20.2 Å². The van der Waals surface area contributed by atoms with Crippen LogP contribution in [-0.4, -0.2) is 45.2 Å². The summed E-state index contributed by atoms with van der Waals surface area (Å²) in [5, 5.41) is 4.21. The highest BCUT2D eigenvalue weighted by Crippen LogP contribution is 2.29. The van der Waals surface area contributed by atoms with Gasteiger partial charge in [0.25, 0.3) is 5.89 Å². The van der Waals surface area contributed by atoms with E-state index in [-0.39, 0.29) is 5.92 Å². The first-order valence-corrected chi connectivity index (χ1v) is 9.61. The van der Waals surface area contributed by atoms with Crippen LogP contribution in [0.4, 0.5) is 0 Å². The van der Waals surface area contributed by atoms with E-state index in [2.05, 4.69) is 51.0 Å². The Bertz CT molecular complexity index is 941. The molecule has 3 heterocycles. The first kappa shape index (κ1) is 18.6. The molecule has 0 spiro atoms. The highest BCUT2D eigenvalue weighted by atomic mass is 16.5. The van der Waals surface area contributed by atoms with Crippen LogP contribution in [0, 0.1) is 13.8 Å². The average molecular weight is 379 g/mol. The Labute approximate surface area is 164 Å². The third-order valence-corrected chi connectivity index (χ3v) is 5.56. The second-order valence-electron chi connectivity index (χ2n) is 7.30. The van der Waals surface area contributed by atoms with Crippen molar-refractivity contribution in [3.05, 3.63) is 53.2 Å². The van der Waals surface area contributed by atoms with Gasteiger partial charge in [-0.05, 0) is 56.0 Å². The molecule has 1 aliphatic heterocycles. The number of piperidine rings is 1. The van der Waals surface area contributed by atoms with Crippen molar-refractivity contribution >= 4 is 0 Å². The van der Waals surface area contributed by atoms with E-state index in [9.17, 15) is 0 Å². The molecule has 2 aromatic heterocycles. The molecule has 0 N–H and O–H groups in total. The molecule has 0 saturated carbocycles. The molecule has 1 aliphatic rings. The topological polar surface area (TPSA) is 77.2 Å². The fourth-order valence-corrected chi connectivity index (χ4v) is 3.81. The Morgan fingerprint density at radius 1 is 1.21 bits per heavy atom. The van der Waals surface area contributed by atoms with Gasteiger partial charge in [-0.25, -0.2) is 4.98 Å². The summed E-state index contributed by atoms with van der Waals surface area (Å²) in [5.41, 5.74) is 4.46. The first-order valence-electron chi connectivity index (χ1n) is 9.61. The van der Waals surface area contributed by atoms with Gasteiger partial charge in [-0.3, -0.25) is 9.88 Å². The molecule has 1 aromatic carbocycles. The SMILES string of the molecule is COc1ccc(CN2CCC[C@H](c3noc(-c4cnccn4)n3)C2)c(C)c1C. The molecule has 1 atom stereocenters. The Balaban J connectivity index is 1.47. The lowest BCUT2D eigenvalue weighted by molar-refractivity contribution is 0.194. The van der Waals surface area contributed by atoms with Crippen LogP contribution < -0.4 is 4.74 Å². The van der Waals surface area contributed by atoms with Crippen molar-refractivity contribution in [2.24, 2.45) is 0 Å². The van der Waals surface area contributed by atoms with Gasteiger partial charge in [0, 0.05) is 31.4 Å². The second kappa shape index (κ2) is 8.06. The maximum atomic E-state index is 5.43. The highest BCUT2D eigenvalue weighted by molar-refractivity contribution is 5.44. The monoisotopic (exact) mass is 379 g/mol. The van der Waals surface area contributed by atoms with Crippen LogP contribution in [0.25, 0.3) is 11.6 Å². The molecule has 146 valence electrons.